The maximum absolute atomic E-state index is 12.4. The smallest absolute Gasteiger partial charge is 0.254 e. The zero-order valence-corrected chi connectivity index (χ0v) is 12.7. The number of nitrogens with zero attached hydrogens (tertiary/aromatic N) is 1. The summed E-state index contributed by atoms with van der Waals surface area (Å²) in [4.78, 5) is 14.4. The number of benzene rings is 1. The molecule has 0 saturated carbocycles. The summed E-state index contributed by atoms with van der Waals surface area (Å²) in [6.07, 6.45) is 4.39. The Morgan fingerprint density at radius 3 is 2.94 bits per heavy atom. The van der Waals surface area contributed by atoms with E-state index in [9.17, 15) is 9.90 Å². The van der Waals surface area contributed by atoms with Crippen molar-refractivity contribution in [3.05, 3.63) is 27.3 Å². The van der Waals surface area contributed by atoms with Gasteiger partial charge in [-0.05, 0) is 66.5 Å². The number of aromatic hydroxyl groups is 1. The van der Waals surface area contributed by atoms with Gasteiger partial charge in [0.1, 0.15) is 5.75 Å². The van der Waals surface area contributed by atoms with Gasteiger partial charge in [-0.3, -0.25) is 4.79 Å². The Morgan fingerprint density at radius 1 is 1.50 bits per heavy atom. The van der Waals surface area contributed by atoms with Crippen LogP contribution < -0.4 is 0 Å². The topological polar surface area (TPSA) is 40.5 Å². The Hall–Kier alpha value is -0.780. The third kappa shape index (κ3) is 2.79. The van der Waals surface area contributed by atoms with E-state index in [0.717, 1.165) is 29.4 Å². The predicted octanol–water partition coefficient (Wildman–Crippen LogP) is 3.40. The van der Waals surface area contributed by atoms with Crippen molar-refractivity contribution in [3.8, 4) is 5.75 Å². The van der Waals surface area contributed by atoms with E-state index in [0.29, 0.717) is 11.6 Å². The van der Waals surface area contributed by atoms with Gasteiger partial charge in [0.05, 0.1) is 3.57 Å². The Labute approximate surface area is 121 Å². The van der Waals surface area contributed by atoms with Gasteiger partial charge >= 0.3 is 0 Å². The molecule has 3 nitrogen and oxygen atoms in total. The first-order valence-corrected chi connectivity index (χ1v) is 7.51. The molecule has 4 heteroatoms. The number of phenolic OH excluding ortho intramolecular Hbond substituents is 1. The number of carbonyl (C=O) groups excluding carboxylic acids is 1. The molecule has 0 bridgehead atoms. The van der Waals surface area contributed by atoms with Crippen LogP contribution >= 0.6 is 22.6 Å². The molecular formula is C14H18INO2. The van der Waals surface area contributed by atoms with Gasteiger partial charge in [0.2, 0.25) is 0 Å². The first-order valence-electron chi connectivity index (χ1n) is 6.43. The molecule has 0 spiro atoms. The number of hydrogen-bond donors (Lipinski definition) is 1. The summed E-state index contributed by atoms with van der Waals surface area (Å²) in [7, 11) is 0. The average Bonchev–Trinajstić information content (AvgIpc) is 2.41. The molecule has 1 saturated heterocycles. The Kier molecular flexibility index (Phi) is 4.48. The van der Waals surface area contributed by atoms with Gasteiger partial charge in [-0.2, -0.15) is 0 Å². The van der Waals surface area contributed by atoms with E-state index in [2.05, 4.69) is 29.5 Å². The van der Waals surface area contributed by atoms with E-state index in [4.69, 9.17) is 0 Å². The van der Waals surface area contributed by atoms with Crippen LogP contribution in [0.5, 0.6) is 5.75 Å². The number of piperidine rings is 1. The fraction of sp³-hybridized carbons (Fsp3) is 0.500. The quantitative estimate of drug-likeness (QED) is 0.823. The van der Waals surface area contributed by atoms with Gasteiger partial charge in [0.25, 0.3) is 5.91 Å². The summed E-state index contributed by atoms with van der Waals surface area (Å²) in [5.41, 5.74) is 0.591. The van der Waals surface area contributed by atoms with Gasteiger partial charge in [-0.25, -0.2) is 0 Å². The summed E-state index contributed by atoms with van der Waals surface area (Å²) in [5.74, 6) is 0.236. The molecule has 1 fully saturated rings. The van der Waals surface area contributed by atoms with Crippen LogP contribution in [0.4, 0.5) is 0 Å². The molecule has 1 N–H and O–H groups in total. The van der Waals surface area contributed by atoms with Gasteiger partial charge < -0.3 is 10.0 Å². The zero-order valence-electron chi connectivity index (χ0n) is 10.5. The molecule has 1 unspecified atom stereocenters. The molecule has 1 amide bonds. The van der Waals surface area contributed by atoms with Crippen LogP contribution in [0.1, 0.15) is 43.0 Å². The van der Waals surface area contributed by atoms with Crippen LogP contribution in [0.2, 0.25) is 0 Å². The normalized spacial score (nSPS) is 19.9. The maximum atomic E-state index is 12.4. The lowest BCUT2D eigenvalue weighted by molar-refractivity contribution is 0.0607. The number of carbonyl (C=O) groups is 1. The highest BCUT2D eigenvalue weighted by molar-refractivity contribution is 14.1. The molecule has 0 aromatic heterocycles. The number of rotatable bonds is 2. The van der Waals surface area contributed by atoms with Crippen LogP contribution in [0.15, 0.2) is 18.2 Å². The van der Waals surface area contributed by atoms with E-state index in [1.165, 1.54) is 6.42 Å². The summed E-state index contributed by atoms with van der Waals surface area (Å²) in [5, 5.41) is 9.69. The largest absolute Gasteiger partial charge is 0.507 e. The molecular weight excluding hydrogens is 341 g/mol. The lowest BCUT2D eigenvalue weighted by Gasteiger charge is -2.35. The molecule has 1 heterocycles. The van der Waals surface area contributed by atoms with Gasteiger partial charge in [0, 0.05) is 18.2 Å². The third-order valence-electron chi connectivity index (χ3n) is 3.55. The van der Waals surface area contributed by atoms with Crippen LogP contribution in [-0.2, 0) is 0 Å². The second-order valence-corrected chi connectivity index (χ2v) is 5.88. The van der Waals surface area contributed by atoms with Gasteiger partial charge in [-0.15, -0.1) is 0 Å². The first kappa shape index (κ1) is 13.6. The highest BCUT2D eigenvalue weighted by atomic mass is 127. The van der Waals surface area contributed by atoms with Crippen molar-refractivity contribution in [1.82, 2.24) is 4.90 Å². The van der Waals surface area contributed by atoms with Crippen LogP contribution in [0.25, 0.3) is 0 Å². The van der Waals surface area contributed by atoms with Crippen molar-refractivity contribution in [2.24, 2.45) is 0 Å². The summed E-state index contributed by atoms with van der Waals surface area (Å²) in [6.45, 7) is 2.96. The fourth-order valence-corrected chi connectivity index (χ4v) is 2.84. The number of amides is 1. The number of likely N-dealkylation sites (tertiary alicyclic amines) is 1. The van der Waals surface area contributed by atoms with Crippen molar-refractivity contribution in [2.45, 2.75) is 38.6 Å². The second kappa shape index (κ2) is 5.91. The monoisotopic (exact) mass is 359 g/mol. The zero-order chi connectivity index (χ0) is 13.1. The molecule has 1 atom stereocenters. The molecule has 1 aromatic carbocycles. The van der Waals surface area contributed by atoms with Crippen LogP contribution in [-0.4, -0.2) is 28.5 Å². The number of hydrogen-bond acceptors (Lipinski definition) is 2. The summed E-state index contributed by atoms with van der Waals surface area (Å²) >= 11 is 2.06. The van der Waals surface area contributed by atoms with E-state index in [1.54, 1.807) is 18.2 Å². The molecule has 0 aliphatic carbocycles. The summed E-state index contributed by atoms with van der Waals surface area (Å²) < 4.78 is 0.773. The first-order chi connectivity index (χ1) is 8.63. The van der Waals surface area contributed by atoms with Crippen molar-refractivity contribution >= 4 is 28.5 Å². The molecule has 1 aliphatic rings. The molecule has 1 aliphatic heterocycles. The van der Waals surface area contributed by atoms with E-state index in [1.807, 2.05) is 4.90 Å². The fourth-order valence-electron chi connectivity index (χ4n) is 2.50. The molecule has 2 rings (SSSR count). The highest BCUT2D eigenvalue weighted by Gasteiger charge is 2.26. The van der Waals surface area contributed by atoms with Gasteiger partial charge in [0.15, 0.2) is 0 Å². The third-order valence-corrected chi connectivity index (χ3v) is 4.46. The number of halogens is 1. The minimum atomic E-state index is 0.0493. The molecule has 1 aromatic rings. The maximum Gasteiger partial charge on any atom is 0.254 e. The van der Waals surface area contributed by atoms with E-state index < -0.39 is 0 Å². The SMILES string of the molecule is CCC1CCCCN1C(=O)c1ccc(I)c(O)c1. The lowest BCUT2D eigenvalue weighted by Crippen LogP contribution is -2.43. The van der Waals surface area contributed by atoms with Crippen molar-refractivity contribution in [2.75, 3.05) is 6.54 Å². The van der Waals surface area contributed by atoms with E-state index >= 15 is 0 Å². The second-order valence-electron chi connectivity index (χ2n) is 4.72. The Bertz CT molecular complexity index is 447. The van der Waals surface area contributed by atoms with Gasteiger partial charge in [-0.1, -0.05) is 6.92 Å². The predicted molar refractivity (Wildman–Crippen MR) is 79.8 cm³/mol. The minimum Gasteiger partial charge on any atom is -0.507 e. The average molecular weight is 359 g/mol. The van der Waals surface area contributed by atoms with Crippen molar-refractivity contribution < 1.29 is 9.90 Å². The molecule has 18 heavy (non-hydrogen) atoms. The summed E-state index contributed by atoms with van der Waals surface area (Å²) in [6, 6.07) is 5.51. The standard InChI is InChI=1S/C14H18INO2/c1-2-11-5-3-4-8-16(11)14(18)10-6-7-12(15)13(17)9-10/h6-7,9,11,17H,2-5,8H2,1H3. The van der Waals surface area contributed by atoms with Crippen molar-refractivity contribution in [1.29, 1.82) is 0 Å². The lowest BCUT2D eigenvalue weighted by atomic mass is 9.99. The van der Waals surface area contributed by atoms with Crippen LogP contribution in [0.3, 0.4) is 0 Å². The molecule has 0 radical (unpaired) electrons. The Balaban J connectivity index is 2.21. The van der Waals surface area contributed by atoms with E-state index in [-0.39, 0.29) is 11.7 Å². The molecule has 98 valence electrons. The van der Waals surface area contributed by atoms with Crippen LogP contribution in [0, 0.1) is 3.57 Å². The number of phenols is 1. The highest BCUT2D eigenvalue weighted by Crippen LogP contribution is 2.25. The van der Waals surface area contributed by atoms with Crippen molar-refractivity contribution in [3.63, 3.8) is 0 Å². The minimum absolute atomic E-state index is 0.0493. The Morgan fingerprint density at radius 2 is 2.28 bits per heavy atom.